The Balaban J connectivity index is 1.87. The Morgan fingerprint density at radius 2 is 2.43 bits per heavy atom. The first-order chi connectivity index (χ1) is 6.78. The van der Waals surface area contributed by atoms with E-state index in [-0.39, 0.29) is 0 Å². The Kier molecular flexibility index (Phi) is 2.53. The Hall–Kier alpha value is -1.30. The topological polar surface area (TPSA) is 88.8 Å². The van der Waals surface area contributed by atoms with Crippen LogP contribution >= 0.6 is 0 Å². The molecule has 6 heteroatoms. The number of nitrogens with two attached hydrogens (primary N) is 1. The number of methoxy groups -OCH3 is 1. The Labute approximate surface area is 82.2 Å². The molecule has 0 aliphatic heterocycles. The number of hydrogen-bond donors (Lipinski definition) is 3. The molecule has 6 nitrogen and oxygen atoms in total. The van der Waals surface area contributed by atoms with Crippen molar-refractivity contribution in [1.82, 2.24) is 15.2 Å². The van der Waals surface area contributed by atoms with Crippen LogP contribution in [-0.2, 0) is 4.74 Å². The lowest BCUT2D eigenvalue weighted by Gasteiger charge is -2.10. The van der Waals surface area contributed by atoms with Crippen LogP contribution < -0.4 is 11.1 Å². The van der Waals surface area contributed by atoms with Gasteiger partial charge in [-0.1, -0.05) is 0 Å². The van der Waals surface area contributed by atoms with Gasteiger partial charge < -0.3 is 15.8 Å². The average Bonchev–Trinajstić information content (AvgIpc) is 2.76. The van der Waals surface area contributed by atoms with E-state index in [1.54, 1.807) is 7.11 Å². The van der Waals surface area contributed by atoms with Crippen LogP contribution in [0.3, 0.4) is 0 Å². The fourth-order valence-electron chi connectivity index (χ4n) is 1.81. The molecule has 1 aliphatic rings. The first-order valence-electron chi connectivity index (χ1n) is 4.75. The molecule has 2 atom stereocenters. The summed E-state index contributed by atoms with van der Waals surface area (Å²) < 4.78 is 5.27. The Bertz CT molecular complexity index is 300. The molecule has 0 bridgehead atoms. The zero-order valence-corrected chi connectivity index (χ0v) is 8.16. The van der Waals surface area contributed by atoms with Crippen molar-refractivity contribution in [3.05, 3.63) is 0 Å². The minimum Gasteiger partial charge on any atom is -0.381 e. The summed E-state index contributed by atoms with van der Waals surface area (Å²) in [5.41, 5.74) is 5.41. The molecule has 2 rings (SSSR count). The molecule has 0 spiro atoms. The maximum atomic E-state index is 5.41. The standard InChI is InChI=1S/C8H15N5O/c1-14-6-3-2-5(4-6)10-8-11-7(9)12-13-8/h5-6H,2-4H2,1H3,(H4,9,10,11,12,13). The van der Waals surface area contributed by atoms with Crippen molar-refractivity contribution in [3.63, 3.8) is 0 Å². The monoisotopic (exact) mass is 197 g/mol. The van der Waals surface area contributed by atoms with E-state index in [0.29, 0.717) is 24.0 Å². The van der Waals surface area contributed by atoms with Gasteiger partial charge in [0.2, 0.25) is 11.9 Å². The number of hydrogen-bond acceptors (Lipinski definition) is 5. The number of nitrogens with one attached hydrogen (secondary N) is 2. The molecule has 1 aliphatic carbocycles. The highest BCUT2D eigenvalue weighted by Crippen LogP contribution is 2.23. The third-order valence-corrected chi connectivity index (χ3v) is 2.55. The summed E-state index contributed by atoms with van der Waals surface area (Å²) in [7, 11) is 1.75. The van der Waals surface area contributed by atoms with Crippen LogP contribution in [0.4, 0.5) is 11.9 Å². The van der Waals surface area contributed by atoms with Crippen molar-refractivity contribution in [2.24, 2.45) is 0 Å². The summed E-state index contributed by atoms with van der Waals surface area (Å²) in [5.74, 6) is 0.915. The average molecular weight is 197 g/mol. The highest BCUT2D eigenvalue weighted by molar-refractivity contribution is 5.31. The van der Waals surface area contributed by atoms with Gasteiger partial charge in [0.1, 0.15) is 0 Å². The van der Waals surface area contributed by atoms with Gasteiger partial charge in [0.05, 0.1) is 6.10 Å². The number of nitrogens with zero attached hydrogens (tertiary/aromatic N) is 2. The lowest BCUT2D eigenvalue weighted by Crippen LogP contribution is -2.18. The number of rotatable bonds is 3. The summed E-state index contributed by atoms with van der Waals surface area (Å²) in [4.78, 5) is 3.98. The highest BCUT2D eigenvalue weighted by atomic mass is 16.5. The van der Waals surface area contributed by atoms with Gasteiger partial charge in [0, 0.05) is 13.2 Å². The largest absolute Gasteiger partial charge is 0.381 e. The van der Waals surface area contributed by atoms with Crippen LogP contribution in [0.5, 0.6) is 0 Å². The summed E-state index contributed by atoms with van der Waals surface area (Å²) in [6.07, 6.45) is 3.55. The first-order valence-corrected chi connectivity index (χ1v) is 4.75. The predicted octanol–water partition coefficient (Wildman–Crippen LogP) is 0.366. The smallest absolute Gasteiger partial charge is 0.243 e. The molecule has 1 fully saturated rings. The number of aromatic nitrogens is 3. The quantitative estimate of drug-likeness (QED) is 0.651. The van der Waals surface area contributed by atoms with E-state index in [1.165, 1.54) is 0 Å². The molecule has 0 radical (unpaired) electrons. The normalized spacial score (nSPS) is 26.6. The summed E-state index contributed by atoms with van der Waals surface area (Å²) >= 11 is 0. The molecule has 1 heterocycles. The fraction of sp³-hybridized carbons (Fsp3) is 0.750. The summed E-state index contributed by atoms with van der Waals surface area (Å²) in [6, 6.07) is 0.398. The lowest BCUT2D eigenvalue weighted by molar-refractivity contribution is 0.108. The van der Waals surface area contributed by atoms with Crippen LogP contribution in [-0.4, -0.2) is 34.4 Å². The predicted molar refractivity (Wildman–Crippen MR) is 52.9 cm³/mol. The maximum Gasteiger partial charge on any atom is 0.243 e. The van der Waals surface area contributed by atoms with Gasteiger partial charge in [0.25, 0.3) is 0 Å². The number of H-pyrrole nitrogens is 1. The second-order valence-electron chi connectivity index (χ2n) is 3.56. The molecule has 78 valence electrons. The summed E-state index contributed by atoms with van der Waals surface area (Å²) in [5, 5.41) is 9.72. The minimum atomic E-state index is 0.341. The molecule has 4 N–H and O–H groups in total. The van der Waals surface area contributed by atoms with Gasteiger partial charge in [-0.3, -0.25) is 0 Å². The van der Waals surface area contributed by atoms with Crippen LogP contribution in [0.25, 0.3) is 0 Å². The molecule has 1 aromatic rings. The van der Waals surface area contributed by atoms with E-state index in [2.05, 4.69) is 20.5 Å². The first kappa shape index (κ1) is 9.26. The number of nitrogen functional groups attached to an aromatic ring is 1. The molecule has 0 saturated heterocycles. The van der Waals surface area contributed by atoms with Crippen LogP contribution in [0.1, 0.15) is 19.3 Å². The second-order valence-corrected chi connectivity index (χ2v) is 3.56. The number of anilines is 2. The van der Waals surface area contributed by atoms with Crippen molar-refractivity contribution in [2.45, 2.75) is 31.4 Å². The van der Waals surface area contributed by atoms with E-state index < -0.39 is 0 Å². The van der Waals surface area contributed by atoms with E-state index in [0.717, 1.165) is 19.3 Å². The van der Waals surface area contributed by atoms with Gasteiger partial charge >= 0.3 is 0 Å². The molecular formula is C8H15N5O. The molecule has 1 aromatic heterocycles. The highest BCUT2D eigenvalue weighted by Gasteiger charge is 2.24. The number of aromatic amines is 1. The van der Waals surface area contributed by atoms with Crippen molar-refractivity contribution in [2.75, 3.05) is 18.2 Å². The SMILES string of the molecule is COC1CCC(Nc2n[nH]c(N)n2)C1. The minimum absolute atomic E-state index is 0.341. The Morgan fingerprint density at radius 1 is 1.57 bits per heavy atom. The van der Waals surface area contributed by atoms with Crippen molar-refractivity contribution >= 4 is 11.9 Å². The van der Waals surface area contributed by atoms with Gasteiger partial charge in [-0.15, -0.1) is 5.10 Å². The lowest BCUT2D eigenvalue weighted by atomic mass is 10.2. The maximum absolute atomic E-state index is 5.41. The van der Waals surface area contributed by atoms with Gasteiger partial charge in [-0.25, -0.2) is 5.10 Å². The molecule has 0 amide bonds. The van der Waals surface area contributed by atoms with E-state index in [1.807, 2.05) is 0 Å². The van der Waals surface area contributed by atoms with E-state index in [4.69, 9.17) is 10.5 Å². The zero-order valence-electron chi connectivity index (χ0n) is 8.16. The van der Waals surface area contributed by atoms with Crippen LogP contribution in [0.2, 0.25) is 0 Å². The number of ether oxygens (including phenoxy) is 1. The third kappa shape index (κ3) is 1.95. The van der Waals surface area contributed by atoms with E-state index >= 15 is 0 Å². The molecular weight excluding hydrogens is 182 g/mol. The molecule has 2 unspecified atom stereocenters. The van der Waals surface area contributed by atoms with Crippen molar-refractivity contribution in [1.29, 1.82) is 0 Å². The molecule has 0 aromatic carbocycles. The third-order valence-electron chi connectivity index (χ3n) is 2.55. The summed E-state index contributed by atoms with van der Waals surface area (Å²) in [6.45, 7) is 0. The van der Waals surface area contributed by atoms with Gasteiger partial charge in [-0.05, 0) is 19.3 Å². The van der Waals surface area contributed by atoms with Crippen LogP contribution in [0.15, 0.2) is 0 Å². The van der Waals surface area contributed by atoms with Crippen LogP contribution in [0, 0.1) is 0 Å². The van der Waals surface area contributed by atoms with Crippen molar-refractivity contribution < 1.29 is 4.74 Å². The molecule has 1 saturated carbocycles. The molecule has 14 heavy (non-hydrogen) atoms. The van der Waals surface area contributed by atoms with Gasteiger partial charge in [-0.2, -0.15) is 4.98 Å². The van der Waals surface area contributed by atoms with E-state index in [9.17, 15) is 0 Å². The second kappa shape index (κ2) is 3.83. The zero-order chi connectivity index (χ0) is 9.97. The van der Waals surface area contributed by atoms with Crippen molar-refractivity contribution in [3.8, 4) is 0 Å². The Morgan fingerprint density at radius 3 is 3.00 bits per heavy atom. The van der Waals surface area contributed by atoms with Gasteiger partial charge in [0.15, 0.2) is 0 Å². The fourth-order valence-corrected chi connectivity index (χ4v) is 1.81.